The largest absolute Gasteiger partial charge is 0.465 e. The molecule has 0 saturated heterocycles. The van der Waals surface area contributed by atoms with E-state index in [0.717, 1.165) is 11.8 Å². The lowest BCUT2D eigenvalue weighted by Gasteiger charge is -2.09. The maximum atomic E-state index is 12.2. The third kappa shape index (κ3) is 5.55. The van der Waals surface area contributed by atoms with Gasteiger partial charge in [-0.2, -0.15) is 0 Å². The predicted molar refractivity (Wildman–Crippen MR) is 96.9 cm³/mol. The summed E-state index contributed by atoms with van der Waals surface area (Å²) in [5, 5.41) is 10.6. The molecule has 10 heteroatoms. The number of anilines is 1. The van der Waals surface area contributed by atoms with Crippen molar-refractivity contribution in [2.24, 2.45) is 0 Å². The molecule has 2 rings (SSSR count). The van der Waals surface area contributed by atoms with E-state index in [1.54, 1.807) is 0 Å². The van der Waals surface area contributed by atoms with Crippen LogP contribution in [0, 0.1) is 0 Å². The number of amides is 1. The lowest BCUT2D eigenvalue weighted by molar-refractivity contribution is -0.113. The summed E-state index contributed by atoms with van der Waals surface area (Å²) in [6.45, 7) is 3.84. The van der Waals surface area contributed by atoms with Crippen molar-refractivity contribution in [1.29, 1.82) is 0 Å². The van der Waals surface area contributed by atoms with E-state index in [2.05, 4.69) is 25.0 Å². The summed E-state index contributed by atoms with van der Waals surface area (Å²) >= 11 is 1.08. The van der Waals surface area contributed by atoms with E-state index in [0.29, 0.717) is 5.89 Å². The number of hydrogen-bond donors (Lipinski definition) is 1. The second kappa shape index (κ2) is 9.17. The molecule has 1 heterocycles. The normalized spacial score (nSPS) is 10.6. The Morgan fingerprint density at radius 1 is 1.07 bits per heavy atom. The second-order valence-electron chi connectivity index (χ2n) is 5.68. The molecule has 0 saturated carbocycles. The molecular formula is C17H19N3O6S. The number of nitrogens with one attached hydrogen (secondary N) is 1. The molecule has 0 radical (unpaired) electrons. The Morgan fingerprint density at radius 2 is 1.67 bits per heavy atom. The molecule has 1 amide bonds. The van der Waals surface area contributed by atoms with E-state index in [1.807, 2.05) is 13.8 Å². The van der Waals surface area contributed by atoms with Crippen molar-refractivity contribution in [2.45, 2.75) is 25.0 Å². The predicted octanol–water partition coefficient (Wildman–Crippen LogP) is 2.50. The number of esters is 2. The van der Waals surface area contributed by atoms with Crippen molar-refractivity contribution in [3.8, 4) is 0 Å². The fourth-order valence-corrected chi connectivity index (χ4v) is 2.58. The van der Waals surface area contributed by atoms with Crippen molar-refractivity contribution in [2.75, 3.05) is 25.3 Å². The summed E-state index contributed by atoms with van der Waals surface area (Å²) in [7, 11) is 2.44. The maximum absolute atomic E-state index is 12.2. The highest BCUT2D eigenvalue weighted by atomic mass is 32.2. The van der Waals surface area contributed by atoms with Crippen molar-refractivity contribution in [3.63, 3.8) is 0 Å². The number of carbonyl (C=O) groups is 3. The first-order valence-electron chi connectivity index (χ1n) is 7.91. The van der Waals surface area contributed by atoms with Gasteiger partial charge in [0.2, 0.25) is 11.8 Å². The summed E-state index contributed by atoms with van der Waals surface area (Å²) in [5.74, 6) is -1.06. The number of ether oxygens (including phenoxy) is 2. The molecule has 0 aliphatic carbocycles. The van der Waals surface area contributed by atoms with Crippen LogP contribution in [-0.2, 0) is 14.3 Å². The molecule has 1 N–H and O–H groups in total. The number of hydrogen-bond acceptors (Lipinski definition) is 9. The first-order valence-corrected chi connectivity index (χ1v) is 8.90. The lowest BCUT2D eigenvalue weighted by Crippen LogP contribution is -2.16. The van der Waals surface area contributed by atoms with Crippen LogP contribution in [0.2, 0.25) is 0 Å². The van der Waals surface area contributed by atoms with Gasteiger partial charge in [-0.05, 0) is 18.2 Å². The van der Waals surface area contributed by atoms with E-state index in [4.69, 9.17) is 4.42 Å². The summed E-state index contributed by atoms with van der Waals surface area (Å²) in [5.41, 5.74) is 0.487. The topological polar surface area (TPSA) is 121 Å². The van der Waals surface area contributed by atoms with Crippen LogP contribution in [0.15, 0.2) is 27.8 Å². The third-order valence-electron chi connectivity index (χ3n) is 3.30. The number of aromatic nitrogens is 2. The fourth-order valence-electron chi connectivity index (χ4n) is 2.01. The standard InChI is InChI=1S/C17H19N3O6S/c1-9(2)14-19-20-17(26-14)27-8-13(21)18-12-6-10(15(22)24-3)5-11(7-12)16(23)25-4/h5-7,9H,8H2,1-4H3,(H,18,21). The van der Waals surface area contributed by atoms with Crippen molar-refractivity contribution < 1.29 is 28.3 Å². The van der Waals surface area contributed by atoms with Gasteiger partial charge in [0, 0.05) is 11.6 Å². The van der Waals surface area contributed by atoms with Gasteiger partial charge < -0.3 is 19.2 Å². The van der Waals surface area contributed by atoms with Crippen molar-refractivity contribution in [3.05, 3.63) is 35.2 Å². The number of benzene rings is 1. The Bertz CT molecular complexity index is 815. The zero-order valence-corrected chi connectivity index (χ0v) is 16.1. The van der Waals surface area contributed by atoms with E-state index in [9.17, 15) is 14.4 Å². The smallest absolute Gasteiger partial charge is 0.337 e. The van der Waals surface area contributed by atoms with Crippen LogP contribution in [-0.4, -0.2) is 48.0 Å². The molecule has 0 bridgehead atoms. The van der Waals surface area contributed by atoms with Crippen molar-refractivity contribution >= 4 is 35.3 Å². The molecule has 0 aliphatic rings. The summed E-state index contributed by atoms with van der Waals surface area (Å²) in [6.07, 6.45) is 0. The van der Waals surface area contributed by atoms with Gasteiger partial charge in [-0.1, -0.05) is 25.6 Å². The molecule has 0 fully saturated rings. The number of methoxy groups -OCH3 is 2. The first-order chi connectivity index (χ1) is 12.8. The maximum Gasteiger partial charge on any atom is 0.337 e. The van der Waals surface area contributed by atoms with Crippen LogP contribution in [0.3, 0.4) is 0 Å². The molecule has 0 atom stereocenters. The number of thioether (sulfide) groups is 1. The molecule has 144 valence electrons. The summed E-state index contributed by atoms with van der Waals surface area (Å²) < 4.78 is 14.7. The van der Waals surface area contributed by atoms with Crippen LogP contribution >= 0.6 is 11.8 Å². The average Bonchev–Trinajstić information content (AvgIpc) is 3.14. The van der Waals surface area contributed by atoms with E-state index < -0.39 is 11.9 Å². The molecule has 0 unspecified atom stereocenters. The molecule has 9 nitrogen and oxygen atoms in total. The monoisotopic (exact) mass is 393 g/mol. The SMILES string of the molecule is COC(=O)c1cc(NC(=O)CSc2nnc(C(C)C)o2)cc(C(=O)OC)c1. The zero-order valence-electron chi connectivity index (χ0n) is 15.3. The van der Waals surface area contributed by atoms with Gasteiger partial charge in [-0.25, -0.2) is 9.59 Å². The summed E-state index contributed by atoms with van der Waals surface area (Å²) in [4.78, 5) is 35.7. The van der Waals surface area contributed by atoms with Crippen LogP contribution in [0.5, 0.6) is 0 Å². The summed E-state index contributed by atoms with van der Waals surface area (Å²) in [6, 6.07) is 4.14. The zero-order chi connectivity index (χ0) is 20.0. The highest BCUT2D eigenvalue weighted by molar-refractivity contribution is 7.99. The van der Waals surface area contributed by atoms with Gasteiger partial charge in [0.15, 0.2) is 0 Å². The molecule has 0 aliphatic heterocycles. The van der Waals surface area contributed by atoms with E-state index in [-0.39, 0.29) is 39.6 Å². The first kappa shape index (κ1) is 20.4. The molecule has 1 aromatic carbocycles. The highest BCUT2D eigenvalue weighted by Gasteiger charge is 2.16. The van der Waals surface area contributed by atoms with Gasteiger partial charge in [0.25, 0.3) is 5.22 Å². The minimum Gasteiger partial charge on any atom is -0.465 e. The van der Waals surface area contributed by atoms with Gasteiger partial charge in [0.1, 0.15) is 0 Å². The highest BCUT2D eigenvalue weighted by Crippen LogP contribution is 2.21. The number of nitrogens with zero attached hydrogens (tertiary/aromatic N) is 2. The Labute approximate surface area is 159 Å². The van der Waals surface area contributed by atoms with E-state index in [1.165, 1.54) is 32.4 Å². The second-order valence-corrected chi connectivity index (χ2v) is 6.61. The Hall–Kier alpha value is -2.88. The molecule has 1 aromatic heterocycles. The van der Waals surface area contributed by atoms with Crippen LogP contribution < -0.4 is 5.32 Å². The number of carbonyl (C=O) groups excluding carboxylic acids is 3. The Morgan fingerprint density at radius 3 is 2.15 bits per heavy atom. The molecule has 2 aromatic rings. The molecule has 0 spiro atoms. The molecule has 27 heavy (non-hydrogen) atoms. The van der Waals surface area contributed by atoms with Crippen molar-refractivity contribution in [1.82, 2.24) is 10.2 Å². The Kier molecular flexibility index (Phi) is 6.94. The van der Waals surface area contributed by atoms with E-state index >= 15 is 0 Å². The minimum absolute atomic E-state index is 0.00966. The third-order valence-corrected chi connectivity index (χ3v) is 4.12. The minimum atomic E-state index is -0.641. The van der Waals surface area contributed by atoms with Crippen LogP contribution in [0.1, 0.15) is 46.4 Å². The lowest BCUT2D eigenvalue weighted by atomic mass is 10.1. The van der Waals surface area contributed by atoms with Gasteiger partial charge >= 0.3 is 11.9 Å². The number of rotatable bonds is 7. The fraction of sp³-hybridized carbons (Fsp3) is 0.353. The van der Waals surface area contributed by atoms with Gasteiger partial charge in [-0.3, -0.25) is 4.79 Å². The Balaban J connectivity index is 2.08. The van der Waals surface area contributed by atoms with Gasteiger partial charge in [0.05, 0.1) is 31.1 Å². The van der Waals surface area contributed by atoms with Gasteiger partial charge in [-0.15, -0.1) is 10.2 Å². The van der Waals surface area contributed by atoms with Crippen LogP contribution in [0.25, 0.3) is 0 Å². The van der Waals surface area contributed by atoms with Crippen LogP contribution in [0.4, 0.5) is 5.69 Å². The average molecular weight is 393 g/mol. The molecular weight excluding hydrogens is 374 g/mol. The quantitative estimate of drug-likeness (QED) is 0.558.